The maximum absolute atomic E-state index is 11.5. The van der Waals surface area contributed by atoms with Crippen LogP contribution in [0.2, 0.25) is 0 Å². The van der Waals surface area contributed by atoms with Crippen molar-refractivity contribution in [2.75, 3.05) is 12.4 Å². The third kappa shape index (κ3) is 6.13. The van der Waals surface area contributed by atoms with Gasteiger partial charge in [0.15, 0.2) is 0 Å². The zero-order valence-electron chi connectivity index (χ0n) is 5.07. The van der Waals surface area contributed by atoms with Gasteiger partial charge in [-0.25, -0.2) is 16.8 Å². The van der Waals surface area contributed by atoms with E-state index in [0.717, 1.165) is 0 Å². The summed E-state index contributed by atoms with van der Waals surface area (Å²) >= 11 is 0. The van der Waals surface area contributed by atoms with E-state index < -0.39 is 32.9 Å². The number of nitrogens with zero attached hydrogens (tertiary/aromatic N) is 1. The Bertz CT molecular complexity index is 305. The van der Waals surface area contributed by atoms with Crippen molar-refractivity contribution in [2.45, 2.75) is 0 Å². The molecule has 0 aromatic heterocycles. The topological polar surface area (TPSA) is 82.4 Å². The molecule has 0 aliphatic rings. The molecule has 0 unspecified atom stereocenters. The second-order valence-electron chi connectivity index (χ2n) is 1.46. The second-order valence-corrected chi connectivity index (χ2v) is 4.45. The van der Waals surface area contributed by atoms with Crippen molar-refractivity contribution in [1.82, 2.24) is 0 Å². The molecule has 68 valence electrons. The normalized spacial score (nSPS) is 13.3. The van der Waals surface area contributed by atoms with Crippen LogP contribution in [0.15, 0.2) is 0 Å². The van der Waals surface area contributed by atoms with Crippen LogP contribution >= 0.6 is 0 Å². The molecule has 0 radical (unpaired) electrons. The first kappa shape index (κ1) is 10.7. The summed E-state index contributed by atoms with van der Waals surface area (Å²) in [4.78, 5) is 0. The van der Waals surface area contributed by atoms with Crippen molar-refractivity contribution >= 4 is 20.4 Å². The molecule has 11 heavy (non-hydrogen) atoms. The molecule has 0 rings (SSSR count). The smallest absolute Gasteiger partial charge is 0.239 e. The SMILES string of the molecule is O=S(=O)(F)[N-]S(=O)(=O)CCF. The molecule has 0 atom stereocenters. The Morgan fingerprint density at radius 2 is 1.64 bits per heavy atom. The van der Waals surface area contributed by atoms with E-state index in [1.54, 1.807) is 4.13 Å². The first-order chi connectivity index (χ1) is 4.77. The molecule has 0 aromatic rings. The molecular weight excluding hydrogens is 204 g/mol. The van der Waals surface area contributed by atoms with E-state index in [1.807, 2.05) is 0 Å². The molecule has 0 saturated carbocycles. The lowest BCUT2D eigenvalue weighted by molar-refractivity contribution is 0.519. The third-order valence-corrected chi connectivity index (χ3v) is 2.83. The average molecular weight is 208 g/mol. The Morgan fingerprint density at radius 3 is 1.91 bits per heavy atom. The zero-order chi connectivity index (χ0) is 9.12. The van der Waals surface area contributed by atoms with Crippen LogP contribution in [0.4, 0.5) is 8.28 Å². The Morgan fingerprint density at radius 1 is 1.18 bits per heavy atom. The molecule has 0 saturated heterocycles. The van der Waals surface area contributed by atoms with E-state index in [9.17, 15) is 25.1 Å². The quantitative estimate of drug-likeness (QED) is 0.603. The highest BCUT2D eigenvalue weighted by Crippen LogP contribution is 2.11. The molecule has 0 aliphatic carbocycles. The fraction of sp³-hybridized carbons (Fsp3) is 1.00. The summed E-state index contributed by atoms with van der Waals surface area (Å²) in [7, 11) is -9.94. The first-order valence-corrected chi connectivity index (χ1v) is 5.19. The molecule has 5 nitrogen and oxygen atoms in total. The third-order valence-electron chi connectivity index (χ3n) is 0.538. The molecule has 0 amide bonds. The van der Waals surface area contributed by atoms with E-state index in [2.05, 4.69) is 0 Å². The molecule has 0 aromatic carbocycles. The Balaban J connectivity index is 4.40. The van der Waals surface area contributed by atoms with Gasteiger partial charge in [-0.1, -0.05) is 0 Å². The van der Waals surface area contributed by atoms with Gasteiger partial charge in [-0.2, -0.15) is 0 Å². The van der Waals surface area contributed by atoms with Gasteiger partial charge in [0.05, 0.1) is 15.8 Å². The van der Waals surface area contributed by atoms with E-state index in [-0.39, 0.29) is 0 Å². The summed E-state index contributed by atoms with van der Waals surface area (Å²) < 4.78 is 64.2. The fourth-order valence-corrected chi connectivity index (χ4v) is 1.85. The summed E-state index contributed by atoms with van der Waals surface area (Å²) in [6.45, 7) is -1.30. The van der Waals surface area contributed by atoms with Crippen molar-refractivity contribution in [3.05, 3.63) is 4.13 Å². The molecule has 0 N–H and O–H groups in total. The monoisotopic (exact) mass is 208 g/mol. The summed E-state index contributed by atoms with van der Waals surface area (Å²) in [6.07, 6.45) is 0. The maximum atomic E-state index is 11.5. The van der Waals surface area contributed by atoms with Crippen molar-refractivity contribution < 1.29 is 25.1 Å². The van der Waals surface area contributed by atoms with Crippen molar-refractivity contribution in [2.24, 2.45) is 0 Å². The predicted octanol–water partition coefficient (Wildman–Crippen LogP) is -0.126. The van der Waals surface area contributed by atoms with Crippen LogP contribution in [0.5, 0.6) is 0 Å². The lowest BCUT2D eigenvalue weighted by Gasteiger charge is -2.12. The van der Waals surface area contributed by atoms with Crippen LogP contribution in [0.3, 0.4) is 0 Å². The fourth-order valence-electron chi connectivity index (χ4n) is 0.270. The Kier molecular flexibility index (Phi) is 3.32. The van der Waals surface area contributed by atoms with Gasteiger partial charge in [0.25, 0.3) is 0 Å². The number of alkyl halides is 1. The van der Waals surface area contributed by atoms with Gasteiger partial charge in [-0.05, 0) is 0 Å². The lowest BCUT2D eigenvalue weighted by atomic mass is 10.9. The van der Waals surface area contributed by atoms with E-state index >= 15 is 0 Å². The summed E-state index contributed by atoms with van der Waals surface area (Å²) in [5.41, 5.74) is 0. The van der Waals surface area contributed by atoms with Crippen LogP contribution in [0.1, 0.15) is 0 Å². The molecule has 0 heterocycles. The van der Waals surface area contributed by atoms with Gasteiger partial charge in [0.2, 0.25) is 10.4 Å². The van der Waals surface area contributed by atoms with Crippen LogP contribution in [-0.2, 0) is 20.4 Å². The van der Waals surface area contributed by atoms with Crippen LogP contribution in [0.25, 0.3) is 4.13 Å². The number of hydrogen-bond acceptors (Lipinski definition) is 4. The van der Waals surface area contributed by atoms with Crippen molar-refractivity contribution in [3.8, 4) is 0 Å². The maximum Gasteiger partial charge on any atom is 0.239 e. The number of sulfonamides is 1. The minimum Gasteiger partial charge on any atom is -0.408 e. The molecule has 0 fully saturated rings. The van der Waals surface area contributed by atoms with Gasteiger partial charge in [-0.15, -0.1) is 3.89 Å². The van der Waals surface area contributed by atoms with Gasteiger partial charge < -0.3 is 4.13 Å². The van der Waals surface area contributed by atoms with E-state index in [1.165, 1.54) is 0 Å². The Labute approximate surface area is 62.8 Å². The van der Waals surface area contributed by atoms with Gasteiger partial charge in [-0.3, -0.25) is 4.39 Å². The zero-order valence-corrected chi connectivity index (χ0v) is 6.70. The second kappa shape index (κ2) is 3.41. The van der Waals surface area contributed by atoms with Gasteiger partial charge in [0.1, 0.15) is 6.67 Å². The Hall–Kier alpha value is -0.280. The highest BCUT2D eigenvalue weighted by molar-refractivity contribution is 8.10. The summed E-state index contributed by atoms with van der Waals surface area (Å²) in [6, 6.07) is 0. The first-order valence-electron chi connectivity index (χ1n) is 2.24. The van der Waals surface area contributed by atoms with Crippen molar-refractivity contribution in [3.63, 3.8) is 0 Å². The number of rotatable bonds is 4. The summed E-state index contributed by atoms with van der Waals surface area (Å²) in [5.74, 6) is -1.13. The van der Waals surface area contributed by atoms with E-state index in [0.29, 0.717) is 0 Å². The van der Waals surface area contributed by atoms with Crippen molar-refractivity contribution in [1.29, 1.82) is 0 Å². The largest absolute Gasteiger partial charge is 0.408 e. The molecular formula is C2H4F2NO4S2-. The standard InChI is InChI=1S/C2H4F2NO4S2/c3-1-2-10(6,7)5-11(4,8)9/h1-2H2/q-1. The number of hydrogen-bond donors (Lipinski definition) is 0. The number of halogens is 2. The molecule has 0 aliphatic heterocycles. The van der Waals surface area contributed by atoms with Gasteiger partial charge >= 0.3 is 0 Å². The van der Waals surface area contributed by atoms with Crippen LogP contribution in [-0.4, -0.2) is 29.3 Å². The molecule has 0 bridgehead atoms. The highest BCUT2D eigenvalue weighted by atomic mass is 32.3. The predicted molar refractivity (Wildman–Crippen MR) is 33.1 cm³/mol. The molecule has 0 spiro atoms. The molecule has 9 heteroatoms. The van der Waals surface area contributed by atoms with Gasteiger partial charge in [0, 0.05) is 0 Å². The minimum absolute atomic E-state index is 1.13. The summed E-state index contributed by atoms with van der Waals surface area (Å²) in [5, 5.41) is 0. The van der Waals surface area contributed by atoms with E-state index in [4.69, 9.17) is 0 Å². The minimum atomic E-state index is -5.43. The van der Waals surface area contributed by atoms with Crippen LogP contribution < -0.4 is 0 Å². The average Bonchev–Trinajstić information content (AvgIpc) is 1.55. The highest BCUT2D eigenvalue weighted by Gasteiger charge is 2.05. The van der Waals surface area contributed by atoms with Crippen LogP contribution in [0, 0.1) is 0 Å². The lowest BCUT2D eigenvalue weighted by Crippen LogP contribution is -2.08.